The summed E-state index contributed by atoms with van der Waals surface area (Å²) in [6, 6.07) is 0. The van der Waals surface area contributed by atoms with E-state index >= 15 is 0 Å². The molecule has 0 saturated carbocycles. The smallest absolute Gasteiger partial charge is 0.306 e. The highest BCUT2D eigenvalue weighted by Gasteiger charge is 2.16. The van der Waals surface area contributed by atoms with Gasteiger partial charge in [-0.15, -0.1) is 0 Å². The van der Waals surface area contributed by atoms with Crippen LogP contribution in [0.2, 0.25) is 0 Å². The van der Waals surface area contributed by atoms with Crippen LogP contribution in [0.3, 0.4) is 0 Å². The summed E-state index contributed by atoms with van der Waals surface area (Å²) in [5, 5.41) is 9.62. The van der Waals surface area contributed by atoms with Gasteiger partial charge in [0.1, 0.15) is 6.61 Å². The van der Waals surface area contributed by atoms with Gasteiger partial charge in [0.15, 0.2) is 6.10 Å². The van der Waals surface area contributed by atoms with Gasteiger partial charge in [-0.1, -0.05) is 243 Å². The lowest BCUT2D eigenvalue weighted by Crippen LogP contribution is -2.28. The largest absolute Gasteiger partial charge is 0.462 e. The normalized spacial score (nSPS) is 12.4. The Morgan fingerprint density at radius 1 is 0.377 bits per heavy atom. The summed E-state index contributed by atoms with van der Waals surface area (Å²) in [5.41, 5.74) is 0. The van der Waals surface area contributed by atoms with Gasteiger partial charge in [-0.2, -0.15) is 0 Å². The number of carbonyl (C=O) groups is 2. The monoisotopic (exact) mass is 857 g/mol. The van der Waals surface area contributed by atoms with Gasteiger partial charge in [0.05, 0.1) is 6.61 Å². The van der Waals surface area contributed by atoms with Crippen molar-refractivity contribution >= 4 is 11.9 Å². The predicted molar refractivity (Wildman–Crippen MR) is 265 cm³/mol. The van der Waals surface area contributed by atoms with E-state index in [2.05, 4.69) is 50.3 Å². The molecule has 1 unspecified atom stereocenters. The quantitative estimate of drug-likeness (QED) is 0.0375. The minimum atomic E-state index is -0.772. The molecule has 0 aromatic rings. The second-order valence-corrected chi connectivity index (χ2v) is 18.3. The number of ether oxygens (including phenoxy) is 2. The Morgan fingerprint density at radius 2 is 0.656 bits per heavy atom. The van der Waals surface area contributed by atoms with Gasteiger partial charge < -0.3 is 14.6 Å². The SMILES string of the molecule is CCCCCCC/C=C\C/C=C\CCCCCCCCCCCCCCCCCCCCCC(=O)OC(CO)COC(=O)CCCCCCC/C=C\CCCCCCCCC. The summed E-state index contributed by atoms with van der Waals surface area (Å²) in [6.07, 6.45) is 66.9. The van der Waals surface area contributed by atoms with E-state index < -0.39 is 6.10 Å². The average molecular weight is 857 g/mol. The van der Waals surface area contributed by atoms with Gasteiger partial charge in [0, 0.05) is 12.8 Å². The summed E-state index contributed by atoms with van der Waals surface area (Å²) in [5.74, 6) is -0.587. The number of esters is 2. The molecular weight excluding hydrogens is 753 g/mol. The molecule has 0 bridgehead atoms. The van der Waals surface area contributed by atoms with Crippen molar-refractivity contribution in [2.45, 2.75) is 296 Å². The molecule has 0 heterocycles. The molecule has 0 aromatic carbocycles. The summed E-state index contributed by atoms with van der Waals surface area (Å²) < 4.78 is 10.7. The topological polar surface area (TPSA) is 72.8 Å². The summed E-state index contributed by atoms with van der Waals surface area (Å²) in [7, 11) is 0. The molecule has 0 aliphatic heterocycles. The lowest BCUT2D eigenvalue weighted by atomic mass is 10.0. The fraction of sp³-hybridized carbons (Fsp3) is 0.857. The molecule has 0 spiro atoms. The van der Waals surface area contributed by atoms with E-state index in [0.717, 1.165) is 51.4 Å². The van der Waals surface area contributed by atoms with Crippen molar-refractivity contribution < 1.29 is 24.2 Å². The number of allylic oxidation sites excluding steroid dienone is 6. The Kier molecular flexibility index (Phi) is 50.8. The van der Waals surface area contributed by atoms with Gasteiger partial charge in [-0.05, 0) is 70.6 Å². The molecule has 0 amide bonds. The van der Waals surface area contributed by atoms with Crippen LogP contribution in [-0.2, 0) is 19.1 Å². The first-order chi connectivity index (χ1) is 30.1. The molecule has 0 fully saturated rings. The maximum Gasteiger partial charge on any atom is 0.306 e. The number of aliphatic hydroxyl groups excluding tert-OH is 1. The number of rotatable bonds is 50. The first-order valence-corrected chi connectivity index (χ1v) is 27.0. The third-order valence-electron chi connectivity index (χ3n) is 12.2. The molecule has 0 aliphatic rings. The van der Waals surface area contributed by atoms with E-state index in [1.165, 1.54) is 212 Å². The molecule has 5 heteroatoms. The molecular formula is C56H104O5. The Balaban J connectivity index is 3.43. The van der Waals surface area contributed by atoms with Crippen LogP contribution in [0.1, 0.15) is 290 Å². The predicted octanol–water partition coefficient (Wildman–Crippen LogP) is 17.9. The maximum absolute atomic E-state index is 12.3. The van der Waals surface area contributed by atoms with Crippen molar-refractivity contribution in [2.75, 3.05) is 13.2 Å². The van der Waals surface area contributed by atoms with E-state index in [0.29, 0.717) is 12.8 Å². The van der Waals surface area contributed by atoms with E-state index in [1.54, 1.807) is 0 Å². The zero-order valence-corrected chi connectivity index (χ0v) is 40.9. The number of hydrogen-bond donors (Lipinski definition) is 1. The number of aliphatic hydroxyl groups is 1. The molecule has 0 radical (unpaired) electrons. The second kappa shape index (κ2) is 52.5. The Hall–Kier alpha value is -1.88. The third-order valence-corrected chi connectivity index (χ3v) is 12.2. The minimum Gasteiger partial charge on any atom is -0.462 e. The van der Waals surface area contributed by atoms with Gasteiger partial charge in [0.2, 0.25) is 0 Å². The number of carbonyl (C=O) groups excluding carboxylic acids is 2. The van der Waals surface area contributed by atoms with E-state index in [-0.39, 0.29) is 25.2 Å². The first-order valence-electron chi connectivity index (χ1n) is 27.0. The fourth-order valence-corrected chi connectivity index (χ4v) is 8.05. The highest BCUT2D eigenvalue weighted by molar-refractivity contribution is 5.70. The zero-order chi connectivity index (χ0) is 44.2. The third kappa shape index (κ3) is 50.6. The van der Waals surface area contributed by atoms with Crippen molar-refractivity contribution in [2.24, 2.45) is 0 Å². The van der Waals surface area contributed by atoms with Gasteiger partial charge in [-0.3, -0.25) is 9.59 Å². The van der Waals surface area contributed by atoms with Crippen LogP contribution in [0.25, 0.3) is 0 Å². The van der Waals surface area contributed by atoms with Crippen molar-refractivity contribution in [3.63, 3.8) is 0 Å². The molecule has 0 aliphatic carbocycles. The van der Waals surface area contributed by atoms with Crippen molar-refractivity contribution in [3.05, 3.63) is 36.5 Å². The summed E-state index contributed by atoms with van der Waals surface area (Å²) in [6.45, 7) is 4.15. The van der Waals surface area contributed by atoms with Crippen LogP contribution in [0.15, 0.2) is 36.5 Å². The lowest BCUT2D eigenvalue weighted by molar-refractivity contribution is -0.161. The van der Waals surface area contributed by atoms with Gasteiger partial charge >= 0.3 is 11.9 Å². The van der Waals surface area contributed by atoms with E-state index in [4.69, 9.17) is 9.47 Å². The van der Waals surface area contributed by atoms with Crippen LogP contribution >= 0.6 is 0 Å². The van der Waals surface area contributed by atoms with Crippen LogP contribution in [-0.4, -0.2) is 36.4 Å². The standard InChI is InChI=1S/C56H104O5/c1-3-5-7-9-11-13-15-17-19-21-22-23-24-25-26-27-28-29-30-31-32-33-34-35-37-39-41-43-45-47-49-51-56(59)61-54(52-57)53-60-55(58)50-48-46-44-42-40-38-36-20-18-16-14-12-10-8-6-4-2/h15,17,20-22,36,54,57H,3-14,16,18-19,23-35,37-53H2,1-2H3/b17-15-,22-21-,36-20-. The molecule has 1 atom stereocenters. The van der Waals surface area contributed by atoms with Crippen LogP contribution in [0, 0.1) is 0 Å². The maximum atomic E-state index is 12.3. The van der Waals surface area contributed by atoms with E-state index in [1.807, 2.05) is 0 Å². The Morgan fingerprint density at radius 3 is 0.984 bits per heavy atom. The molecule has 5 nitrogen and oxygen atoms in total. The Bertz CT molecular complexity index is 970. The van der Waals surface area contributed by atoms with Gasteiger partial charge in [0.25, 0.3) is 0 Å². The second-order valence-electron chi connectivity index (χ2n) is 18.3. The highest BCUT2D eigenvalue weighted by Crippen LogP contribution is 2.16. The number of hydrogen-bond acceptors (Lipinski definition) is 5. The summed E-state index contributed by atoms with van der Waals surface area (Å²) >= 11 is 0. The average Bonchev–Trinajstić information content (AvgIpc) is 3.26. The molecule has 61 heavy (non-hydrogen) atoms. The van der Waals surface area contributed by atoms with Gasteiger partial charge in [-0.25, -0.2) is 0 Å². The molecule has 358 valence electrons. The van der Waals surface area contributed by atoms with Crippen LogP contribution in [0.4, 0.5) is 0 Å². The van der Waals surface area contributed by atoms with Crippen molar-refractivity contribution in [3.8, 4) is 0 Å². The van der Waals surface area contributed by atoms with Crippen molar-refractivity contribution in [1.29, 1.82) is 0 Å². The lowest BCUT2D eigenvalue weighted by Gasteiger charge is -2.15. The highest BCUT2D eigenvalue weighted by atomic mass is 16.6. The first kappa shape index (κ1) is 59.1. The molecule has 0 aromatic heterocycles. The van der Waals surface area contributed by atoms with Crippen LogP contribution in [0.5, 0.6) is 0 Å². The molecule has 0 saturated heterocycles. The fourth-order valence-electron chi connectivity index (χ4n) is 8.05. The van der Waals surface area contributed by atoms with Crippen molar-refractivity contribution in [1.82, 2.24) is 0 Å². The van der Waals surface area contributed by atoms with E-state index in [9.17, 15) is 14.7 Å². The summed E-state index contributed by atoms with van der Waals surface area (Å²) in [4.78, 5) is 24.4. The molecule has 1 N–H and O–H groups in total. The Labute approximate surface area is 380 Å². The number of unbranched alkanes of at least 4 members (excludes halogenated alkanes) is 36. The zero-order valence-electron chi connectivity index (χ0n) is 40.9. The van der Waals surface area contributed by atoms with Crippen LogP contribution < -0.4 is 0 Å². The minimum absolute atomic E-state index is 0.0662. The molecule has 0 rings (SSSR count).